The molecule has 2 atom stereocenters. The third kappa shape index (κ3) is 4.37. The first kappa shape index (κ1) is 18.0. The molecule has 0 aromatic rings. The highest BCUT2D eigenvalue weighted by Crippen LogP contribution is 2.43. The fraction of sp³-hybridized carbons (Fsp3) is 0.882. The molecular weight excluding hydrogens is 296 g/mol. The summed E-state index contributed by atoms with van der Waals surface area (Å²) in [5.41, 5.74) is -0.0669. The van der Waals surface area contributed by atoms with Crippen molar-refractivity contribution in [2.75, 3.05) is 0 Å². The van der Waals surface area contributed by atoms with Gasteiger partial charge >= 0.3 is 12.0 Å². The molecular formula is C17H30N2O4. The van der Waals surface area contributed by atoms with Gasteiger partial charge in [0.15, 0.2) is 0 Å². The van der Waals surface area contributed by atoms with Crippen LogP contribution in [0.1, 0.15) is 59.8 Å². The molecule has 23 heavy (non-hydrogen) atoms. The Morgan fingerprint density at radius 1 is 1.13 bits per heavy atom. The third-order valence-electron chi connectivity index (χ3n) is 5.33. The zero-order chi connectivity index (χ0) is 17.2. The third-order valence-corrected chi connectivity index (χ3v) is 5.33. The summed E-state index contributed by atoms with van der Waals surface area (Å²) in [7, 11) is 0. The monoisotopic (exact) mass is 326 g/mol. The maximum absolute atomic E-state index is 12.2. The number of amides is 2. The molecule has 132 valence electrons. The molecule has 2 aliphatic carbocycles. The largest absolute Gasteiger partial charge is 0.481 e. The summed E-state index contributed by atoms with van der Waals surface area (Å²) >= 11 is 0. The zero-order valence-electron chi connectivity index (χ0n) is 14.6. The topological polar surface area (TPSA) is 87.7 Å². The number of rotatable bonds is 5. The van der Waals surface area contributed by atoms with E-state index in [2.05, 4.69) is 24.5 Å². The molecule has 2 unspecified atom stereocenters. The first-order valence-corrected chi connectivity index (χ1v) is 8.65. The van der Waals surface area contributed by atoms with Gasteiger partial charge in [0.2, 0.25) is 0 Å². The van der Waals surface area contributed by atoms with Crippen LogP contribution in [0.2, 0.25) is 0 Å². The minimum atomic E-state index is -0.722. The van der Waals surface area contributed by atoms with Crippen molar-refractivity contribution in [2.24, 2.45) is 11.3 Å². The number of carboxylic acids is 1. The number of ether oxygens (including phenoxy) is 1. The van der Waals surface area contributed by atoms with Gasteiger partial charge in [-0.25, -0.2) is 4.79 Å². The maximum Gasteiger partial charge on any atom is 0.315 e. The molecule has 0 aromatic carbocycles. The molecule has 2 saturated carbocycles. The van der Waals surface area contributed by atoms with Crippen LogP contribution >= 0.6 is 0 Å². The number of carbonyl (C=O) groups excluding carboxylic acids is 1. The van der Waals surface area contributed by atoms with Gasteiger partial charge in [0.25, 0.3) is 0 Å². The Hall–Kier alpha value is -1.30. The van der Waals surface area contributed by atoms with Gasteiger partial charge in [0, 0.05) is 17.5 Å². The minimum Gasteiger partial charge on any atom is -0.481 e. The summed E-state index contributed by atoms with van der Waals surface area (Å²) in [6, 6.07) is 0.0444. The fourth-order valence-corrected chi connectivity index (χ4v) is 3.56. The van der Waals surface area contributed by atoms with Crippen molar-refractivity contribution < 1.29 is 19.4 Å². The first-order chi connectivity index (χ1) is 10.7. The average Bonchev–Trinajstić information content (AvgIpc) is 2.46. The predicted octanol–water partition coefficient (Wildman–Crippen LogP) is 2.52. The highest BCUT2D eigenvalue weighted by molar-refractivity contribution is 5.75. The second-order valence-corrected chi connectivity index (χ2v) is 7.79. The van der Waals surface area contributed by atoms with E-state index in [4.69, 9.17) is 9.84 Å². The average molecular weight is 326 g/mol. The Bertz CT molecular complexity index is 442. The maximum atomic E-state index is 12.2. The van der Waals surface area contributed by atoms with Crippen molar-refractivity contribution in [3.63, 3.8) is 0 Å². The highest BCUT2D eigenvalue weighted by atomic mass is 16.5. The summed E-state index contributed by atoms with van der Waals surface area (Å²) in [5.74, 6) is -0.976. The van der Waals surface area contributed by atoms with Crippen molar-refractivity contribution >= 4 is 12.0 Å². The Morgan fingerprint density at radius 2 is 1.74 bits per heavy atom. The lowest BCUT2D eigenvalue weighted by molar-refractivity contribution is -0.142. The van der Waals surface area contributed by atoms with E-state index < -0.39 is 5.97 Å². The van der Waals surface area contributed by atoms with Crippen molar-refractivity contribution in [1.82, 2.24) is 10.6 Å². The summed E-state index contributed by atoms with van der Waals surface area (Å²) in [4.78, 5) is 23.1. The van der Waals surface area contributed by atoms with E-state index in [1.807, 2.05) is 13.8 Å². The number of nitrogens with one attached hydrogen (secondary N) is 2. The van der Waals surface area contributed by atoms with Crippen molar-refractivity contribution in [3.8, 4) is 0 Å². The number of hydrogen-bond acceptors (Lipinski definition) is 3. The molecule has 2 aliphatic rings. The molecule has 2 amide bonds. The van der Waals surface area contributed by atoms with Gasteiger partial charge in [-0.15, -0.1) is 0 Å². The second-order valence-electron chi connectivity index (χ2n) is 7.79. The van der Waals surface area contributed by atoms with Crippen LogP contribution in [0.3, 0.4) is 0 Å². The van der Waals surface area contributed by atoms with E-state index in [9.17, 15) is 9.59 Å². The van der Waals surface area contributed by atoms with Crippen LogP contribution in [-0.4, -0.2) is 41.4 Å². The van der Waals surface area contributed by atoms with Gasteiger partial charge in [-0.05, 0) is 46.0 Å². The standard InChI is InChI=1S/C17H30N2O4/c1-10(2)23-14-9-13(17(14,3)4)19-16(22)18-12-7-5-11(6-8-12)15(20)21/h10-14H,5-9H2,1-4H3,(H,20,21)(H2,18,19,22). The Labute approximate surface area is 138 Å². The van der Waals surface area contributed by atoms with Crippen molar-refractivity contribution in [1.29, 1.82) is 0 Å². The molecule has 0 saturated heterocycles. The Kier molecular flexibility index (Phi) is 5.55. The SMILES string of the molecule is CC(C)OC1CC(NC(=O)NC2CCC(C(=O)O)CC2)C1(C)C. The van der Waals surface area contributed by atoms with E-state index in [0.29, 0.717) is 12.8 Å². The van der Waals surface area contributed by atoms with Gasteiger partial charge in [-0.2, -0.15) is 0 Å². The number of carboxylic acid groups (broad SMARTS) is 1. The summed E-state index contributed by atoms with van der Waals surface area (Å²) in [6.45, 7) is 8.28. The number of aliphatic carboxylic acids is 1. The van der Waals surface area contributed by atoms with Gasteiger partial charge in [0.1, 0.15) is 0 Å². The van der Waals surface area contributed by atoms with Crippen LogP contribution < -0.4 is 10.6 Å². The summed E-state index contributed by atoms with van der Waals surface area (Å²) < 4.78 is 5.87. The number of urea groups is 1. The van der Waals surface area contributed by atoms with Crippen molar-refractivity contribution in [2.45, 2.75) is 84.1 Å². The lowest BCUT2D eigenvalue weighted by Gasteiger charge is -2.52. The van der Waals surface area contributed by atoms with Crippen LogP contribution in [0.5, 0.6) is 0 Å². The molecule has 0 aliphatic heterocycles. The number of carbonyl (C=O) groups is 2. The van der Waals surface area contributed by atoms with Gasteiger partial charge in [-0.3, -0.25) is 4.79 Å². The fourth-order valence-electron chi connectivity index (χ4n) is 3.56. The first-order valence-electron chi connectivity index (χ1n) is 8.65. The van der Waals surface area contributed by atoms with E-state index in [1.54, 1.807) is 0 Å². The smallest absolute Gasteiger partial charge is 0.315 e. The van der Waals surface area contributed by atoms with Crippen LogP contribution in [0.4, 0.5) is 4.79 Å². The Balaban J connectivity index is 1.73. The predicted molar refractivity (Wildman–Crippen MR) is 87.2 cm³/mol. The molecule has 2 fully saturated rings. The van der Waals surface area contributed by atoms with E-state index in [0.717, 1.165) is 19.3 Å². The van der Waals surface area contributed by atoms with E-state index >= 15 is 0 Å². The minimum absolute atomic E-state index is 0.0669. The van der Waals surface area contributed by atoms with Crippen molar-refractivity contribution in [3.05, 3.63) is 0 Å². The lowest BCUT2D eigenvalue weighted by atomic mass is 9.64. The molecule has 3 N–H and O–H groups in total. The Morgan fingerprint density at radius 3 is 2.22 bits per heavy atom. The summed E-state index contributed by atoms with van der Waals surface area (Å²) in [5, 5.41) is 15.0. The molecule has 6 nitrogen and oxygen atoms in total. The molecule has 0 heterocycles. The van der Waals surface area contributed by atoms with Crippen LogP contribution in [0, 0.1) is 11.3 Å². The normalized spacial score (nSPS) is 32.9. The van der Waals surface area contributed by atoms with E-state index in [1.165, 1.54) is 0 Å². The summed E-state index contributed by atoms with van der Waals surface area (Å²) in [6.07, 6.45) is 3.95. The van der Waals surface area contributed by atoms with E-state index in [-0.39, 0.29) is 41.7 Å². The van der Waals surface area contributed by atoms with Crippen LogP contribution in [0.25, 0.3) is 0 Å². The quantitative estimate of drug-likeness (QED) is 0.724. The zero-order valence-corrected chi connectivity index (χ0v) is 14.6. The van der Waals surface area contributed by atoms with Crippen LogP contribution in [-0.2, 0) is 9.53 Å². The lowest BCUT2D eigenvalue weighted by Crippen LogP contribution is -2.64. The van der Waals surface area contributed by atoms with Crippen LogP contribution in [0.15, 0.2) is 0 Å². The molecule has 0 radical (unpaired) electrons. The molecule has 6 heteroatoms. The highest BCUT2D eigenvalue weighted by Gasteiger charge is 2.50. The molecule has 0 aromatic heterocycles. The van der Waals surface area contributed by atoms with Gasteiger partial charge < -0.3 is 20.5 Å². The molecule has 0 spiro atoms. The molecule has 0 bridgehead atoms. The van der Waals surface area contributed by atoms with Gasteiger partial charge in [0.05, 0.1) is 18.1 Å². The van der Waals surface area contributed by atoms with Gasteiger partial charge in [-0.1, -0.05) is 13.8 Å². The number of hydrogen-bond donors (Lipinski definition) is 3. The molecule has 2 rings (SSSR count). The second kappa shape index (κ2) is 7.07.